The Labute approximate surface area is 165 Å². The zero-order valence-electron chi connectivity index (χ0n) is 15.1. The lowest BCUT2D eigenvalue weighted by atomic mass is 9.77. The molecule has 1 aromatic carbocycles. The van der Waals surface area contributed by atoms with Crippen molar-refractivity contribution < 1.29 is 4.79 Å². The molecule has 0 bridgehead atoms. The summed E-state index contributed by atoms with van der Waals surface area (Å²) in [6.45, 7) is 0.766. The Morgan fingerprint density at radius 3 is 2.27 bits per heavy atom. The molecule has 0 aliphatic heterocycles. The third-order valence-electron chi connectivity index (χ3n) is 6.48. The van der Waals surface area contributed by atoms with Gasteiger partial charge in [-0.15, -0.1) is 11.3 Å². The molecule has 26 heavy (non-hydrogen) atoms. The maximum atomic E-state index is 13.4. The predicted octanol–water partition coefficient (Wildman–Crippen LogP) is 5.84. The first-order valence-electron chi connectivity index (χ1n) is 9.73. The average molecular weight is 388 g/mol. The van der Waals surface area contributed by atoms with Crippen LogP contribution in [0, 0.1) is 0 Å². The summed E-state index contributed by atoms with van der Waals surface area (Å²) >= 11 is 7.90. The Balaban J connectivity index is 1.55. The summed E-state index contributed by atoms with van der Waals surface area (Å²) in [7, 11) is 0. The van der Waals surface area contributed by atoms with Crippen LogP contribution < -0.4 is 5.32 Å². The molecule has 2 aromatic rings. The number of hydrogen-bond acceptors (Lipinski definition) is 2. The quantitative estimate of drug-likeness (QED) is 0.685. The van der Waals surface area contributed by atoms with Gasteiger partial charge < -0.3 is 5.32 Å². The van der Waals surface area contributed by atoms with Gasteiger partial charge in [0.1, 0.15) is 0 Å². The molecule has 1 aromatic heterocycles. The molecule has 0 saturated heterocycles. The molecule has 4 heteroatoms. The Morgan fingerprint density at radius 1 is 1.00 bits per heavy atom. The first-order valence-corrected chi connectivity index (χ1v) is 11.0. The van der Waals surface area contributed by atoms with E-state index in [1.165, 1.54) is 30.6 Å². The van der Waals surface area contributed by atoms with Crippen LogP contribution in [0.5, 0.6) is 0 Å². The number of benzene rings is 1. The Morgan fingerprint density at radius 2 is 1.65 bits per heavy atom. The second-order valence-corrected chi connectivity index (χ2v) is 9.33. The third kappa shape index (κ3) is 3.20. The van der Waals surface area contributed by atoms with E-state index in [9.17, 15) is 4.79 Å². The van der Waals surface area contributed by atoms with Crippen molar-refractivity contribution in [2.45, 2.75) is 62.2 Å². The highest BCUT2D eigenvalue weighted by Crippen LogP contribution is 2.44. The molecular formula is C22H26ClNOS. The van der Waals surface area contributed by atoms with Gasteiger partial charge in [-0.05, 0) is 54.8 Å². The zero-order valence-corrected chi connectivity index (χ0v) is 16.7. The first kappa shape index (κ1) is 18.1. The van der Waals surface area contributed by atoms with Crippen molar-refractivity contribution in [3.63, 3.8) is 0 Å². The smallest absolute Gasteiger partial charge is 0.230 e. The maximum Gasteiger partial charge on any atom is 0.230 e. The topological polar surface area (TPSA) is 29.1 Å². The van der Waals surface area contributed by atoms with E-state index in [-0.39, 0.29) is 16.7 Å². The van der Waals surface area contributed by atoms with E-state index in [0.717, 1.165) is 42.8 Å². The molecule has 2 aliphatic carbocycles. The molecule has 0 atom stereocenters. The van der Waals surface area contributed by atoms with Crippen LogP contribution >= 0.6 is 22.9 Å². The highest BCUT2D eigenvalue weighted by Gasteiger charge is 2.44. The Kier molecular flexibility index (Phi) is 5.11. The van der Waals surface area contributed by atoms with Gasteiger partial charge in [-0.2, -0.15) is 0 Å². The maximum absolute atomic E-state index is 13.4. The number of rotatable bonds is 5. The molecule has 138 valence electrons. The molecule has 2 aliphatic rings. The van der Waals surface area contributed by atoms with Gasteiger partial charge in [0.15, 0.2) is 0 Å². The van der Waals surface area contributed by atoms with Crippen LogP contribution in [0.3, 0.4) is 0 Å². The number of nitrogens with one attached hydrogen (secondary N) is 1. The van der Waals surface area contributed by atoms with Gasteiger partial charge in [-0.1, -0.05) is 55.5 Å². The number of hydrogen-bond donors (Lipinski definition) is 1. The molecule has 0 unspecified atom stereocenters. The molecule has 1 heterocycles. The summed E-state index contributed by atoms with van der Waals surface area (Å²) in [5.74, 6) is 0.208. The molecule has 0 spiro atoms. The molecule has 1 amide bonds. The largest absolute Gasteiger partial charge is 0.354 e. The fraction of sp³-hybridized carbons (Fsp3) is 0.500. The minimum absolute atomic E-state index is 0.142. The van der Waals surface area contributed by atoms with Crippen LogP contribution in [-0.4, -0.2) is 12.5 Å². The minimum Gasteiger partial charge on any atom is -0.354 e. The molecule has 1 N–H and O–H groups in total. The number of thiophene rings is 1. The summed E-state index contributed by atoms with van der Waals surface area (Å²) in [6, 6.07) is 12.3. The van der Waals surface area contributed by atoms with Crippen molar-refractivity contribution in [3.05, 3.63) is 57.2 Å². The average Bonchev–Trinajstić information content (AvgIpc) is 3.42. The van der Waals surface area contributed by atoms with Gasteiger partial charge in [0.2, 0.25) is 5.91 Å². The summed E-state index contributed by atoms with van der Waals surface area (Å²) in [6.07, 6.45) is 8.99. The first-order chi connectivity index (χ1) is 12.6. The fourth-order valence-corrected chi connectivity index (χ4v) is 6.07. The zero-order chi connectivity index (χ0) is 18.0. The summed E-state index contributed by atoms with van der Waals surface area (Å²) in [4.78, 5) is 14.8. The van der Waals surface area contributed by atoms with Crippen LogP contribution in [0.25, 0.3) is 0 Å². The number of carbonyl (C=O) groups is 1. The molecule has 2 nitrogen and oxygen atoms in total. The van der Waals surface area contributed by atoms with Crippen molar-refractivity contribution in [1.29, 1.82) is 0 Å². The van der Waals surface area contributed by atoms with Crippen molar-refractivity contribution in [3.8, 4) is 0 Å². The van der Waals surface area contributed by atoms with Crippen LogP contribution in [0.1, 0.15) is 61.8 Å². The van der Waals surface area contributed by atoms with Crippen LogP contribution in [0.2, 0.25) is 5.02 Å². The van der Waals surface area contributed by atoms with Crippen LogP contribution in [0.4, 0.5) is 0 Å². The normalized spacial score (nSPS) is 21.0. The SMILES string of the molecule is O=C(NCC1(c2cccs2)CCCC1)C1(c2ccc(Cl)cc2)CCCC1. The molecular weight excluding hydrogens is 362 g/mol. The van der Waals surface area contributed by atoms with Crippen LogP contribution in [0.15, 0.2) is 41.8 Å². The standard InChI is InChI=1S/C22H26ClNOS/c23-18-9-7-17(8-10-18)22(13-3-4-14-22)20(25)24-16-21(11-1-2-12-21)19-6-5-15-26-19/h5-10,15H,1-4,11-14,16H2,(H,24,25). The second kappa shape index (κ2) is 7.36. The fourth-order valence-electron chi connectivity index (χ4n) is 4.96. The van der Waals surface area contributed by atoms with Gasteiger partial charge >= 0.3 is 0 Å². The Hall–Kier alpha value is -1.32. The van der Waals surface area contributed by atoms with E-state index in [0.29, 0.717) is 0 Å². The molecule has 2 fully saturated rings. The van der Waals surface area contributed by atoms with E-state index in [4.69, 9.17) is 11.6 Å². The molecule has 4 rings (SSSR count). The van der Waals surface area contributed by atoms with Crippen molar-refractivity contribution >= 4 is 28.8 Å². The highest BCUT2D eigenvalue weighted by atomic mass is 35.5. The lowest BCUT2D eigenvalue weighted by Crippen LogP contribution is -2.47. The van der Waals surface area contributed by atoms with Crippen molar-refractivity contribution in [2.75, 3.05) is 6.54 Å². The van der Waals surface area contributed by atoms with E-state index in [2.05, 4.69) is 22.8 Å². The van der Waals surface area contributed by atoms with Gasteiger partial charge in [-0.3, -0.25) is 4.79 Å². The summed E-state index contributed by atoms with van der Waals surface area (Å²) in [5, 5.41) is 6.27. The number of halogens is 1. The number of amides is 1. The third-order valence-corrected chi connectivity index (χ3v) is 7.85. The molecule has 0 radical (unpaired) electrons. The second-order valence-electron chi connectivity index (χ2n) is 7.94. The highest BCUT2D eigenvalue weighted by molar-refractivity contribution is 7.10. The van der Waals surface area contributed by atoms with E-state index in [1.54, 1.807) is 0 Å². The van der Waals surface area contributed by atoms with Crippen LogP contribution in [-0.2, 0) is 15.6 Å². The van der Waals surface area contributed by atoms with Crippen molar-refractivity contribution in [2.24, 2.45) is 0 Å². The Bertz CT molecular complexity index is 741. The van der Waals surface area contributed by atoms with Crippen molar-refractivity contribution in [1.82, 2.24) is 5.32 Å². The summed E-state index contributed by atoms with van der Waals surface area (Å²) < 4.78 is 0. The van der Waals surface area contributed by atoms with E-state index < -0.39 is 0 Å². The lowest BCUT2D eigenvalue weighted by Gasteiger charge is -2.33. The number of carbonyl (C=O) groups excluding carboxylic acids is 1. The minimum atomic E-state index is -0.375. The lowest BCUT2D eigenvalue weighted by molar-refractivity contribution is -0.126. The molecule has 2 saturated carbocycles. The monoisotopic (exact) mass is 387 g/mol. The van der Waals surface area contributed by atoms with Gasteiger partial charge in [0, 0.05) is 21.9 Å². The predicted molar refractivity (Wildman–Crippen MR) is 109 cm³/mol. The van der Waals surface area contributed by atoms with Gasteiger partial charge in [0.25, 0.3) is 0 Å². The summed E-state index contributed by atoms with van der Waals surface area (Å²) in [5.41, 5.74) is 0.886. The van der Waals surface area contributed by atoms with Gasteiger partial charge in [-0.25, -0.2) is 0 Å². The van der Waals surface area contributed by atoms with E-state index >= 15 is 0 Å². The van der Waals surface area contributed by atoms with Gasteiger partial charge in [0.05, 0.1) is 5.41 Å². The van der Waals surface area contributed by atoms with E-state index in [1.807, 2.05) is 35.6 Å².